The molecule has 1 atom stereocenters. The van der Waals surface area contributed by atoms with E-state index in [0.29, 0.717) is 36.5 Å². The predicted octanol–water partition coefficient (Wildman–Crippen LogP) is 10.4. The van der Waals surface area contributed by atoms with Gasteiger partial charge in [-0.3, -0.25) is 18.7 Å². The van der Waals surface area contributed by atoms with Crippen LogP contribution in [-0.4, -0.2) is 125 Å². The summed E-state index contributed by atoms with van der Waals surface area (Å²) < 4.78 is 34.2. The van der Waals surface area contributed by atoms with Gasteiger partial charge in [0.05, 0.1) is 51.8 Å². The van der Waals surface area contributed by atoms with E-state index in [1.165, 1.54) is 48.4 Å². The third-order valence-corrected chi connectivity index (χ3v) is 12.2. The van der Waals surface area contributed by atoms with Crippen LogP contribution < -0.4 is 0 Å². The third-order valence-electron chi connectivity index (χ3n) is 11.6. The fourth-order valence-electron chi connectivity index (χ4n) is 8.16. The summed E-state index contributed by atoms with van der Waals surface area (Å²) in [7, 11) is 5.37. The van der Waals surface area contributed by atoms with Gasteiger partial charge in [0.2, 0.25) is 0 Å². The first-order valence-corrected chi connectivity index (χ1v) is 24.3. The Balaban J connectivity index is 0.000000242. The number of hydrogen-bond donors (Lipinski definition) is 0. The number of esters is 2. The summed E-state index contributed by atoms with van der Waals surface area (Å²) in [5.41, 5.74) is 2.01. The predicted molar refractivity (Wildman–Crippen MR) is 264 cm³/mol. The van der Waals surface area contributed by atoms with E-state index in [2.05, 4.69) is 27.3 Å². The van der Waals surface area contributed by atoms with E-state index in [9.17, 15) is 28.8 Å². The second-order valence-corrected chi connectivity index (χ2v) is 19.7. The molecule has 0 spiro atoms. The molecule has 67 heavy (non-hydrogen) atoms. The minimum Gasteiger partial charge on any atom is -0.469 e. The number of para-hydroxylation sites is 2. The molecule has 0 aliphatic carbocycles. The quantitative estimate of drug-likeness (QED) is 0.0673. The maximum absolute atomic E-state index is 12.7. The number of ether oxygens (including phenoxy) is 6. The number of benzene rings is 2. The molecule has 6 rings (SSSR count). The van der Waals surface area contributed by atoms with E-state index in [1.807, 2.05) is 88.9 Å². The Morgan fingerprint density at radius 3 is 1.49 bits per heavy atom. The van der Waals surface area contributed by atoms with Crippen molar-refractivity contribution in [3.63, 3.8) is 0 Å². The van der Waals surface area contributed by atoms with Crippen LogP contribution in [0, 0.1) is 11.8 Å². The van der Waals surface area contributed by atoms with Gasteiger partial charge in [0.1, 0.15) is 11.2 Å². The number of rotatable bonds is 9. The van der Waals surface area contributed by atoms with Crippen molar-refractivity contribution < 1.29 is 57.2 Å². The molecular formula is C50H69IN4O12. The third kappa shape index (κ3) is 15.9. The van der Waals surface area contributed by atoms with Crippen molar-refractivity contribution >= 4 is 80.7 Å². The number of amides is 2. The molecule has 1 unspecified atom stereocenters. The Morgan fingerprint density at radius 2 is 1.04 bits per heavy atom. The zero-order valence-electron chi connectivity index (χ0n) is 40.8. The molecule has 2 aliphatic rings. The topological polar surface area (TPSA) is 174 Å². The van der Waals surface area contributed by atoms with E-state index in [4.69, 9.17) is 23.7 Å². The van der Waals surface area contributed by atoms with Crippen LogP contribution in [0.25, 0.3) is 21.8 Å². The van der Waals surface area contributed by atoms with E-state index in [0.717, 1.165) is 73.0 Å². The summed E-state index contributed by atoms with van der Waals surface area (Å²) in [6.45, 7) is 14.3. The van der Waals surface area contributed by atoms with Crippen molar-refractivity contribution in [2.24, 2.45) is 11.8 Å². The number of aromatic nitrogens is 2. The molecule has 368 valence electrons. The zero-order valence-corrected chi connectivity index (χ0v) is 42.9. The largest absolute Gasteiger partial charge is 0.469 e. The molecule has 2 amide bonds. The molecule has 2 aromatic carbocycles. The van der Waals surface area contributed by atoms with Gasteiger partial charge in [-0.05, 0) is 126 Å². The van der Waals surface area contributed by atoms with Crippen molar-refractivity contribution in [3.05, 3.63) is 72.1 Å². The Morgan fingerprint density at radius 1 is 0.597 bits per heavy atom. The normalized spacial score (nSPS) is 15.0. The minimum absolute atomic E-state index is 0.126. The Hall–Kier alpha value is -5.33. The lowest BCUT2D eigenvalue weighted by atomic mass is 9.86. The number of methoxy groups -OCH3 is 4. The van der Waals surface area contributed by atoms with Gasteiger partial charge in [0.25, 0.3) is 0 Å². The summed E-state index contributed by atoms with van der Waals surface area (Å²) in [6.07, 6.45) is 8.67. The standard InChI is InChI=1S/C25H34N2O6.C13H13NO4.C12H22INO2/c1-25(2,3)33-23(29)26-14-12-17(13-15-26)10-11-19(22(28)31-4)20-16-27(24(30)32-5)21-9-7-6-8-18(20)21;1-17-12(15)7-9-8-14(13(16)18-2)11-6-4-3-5-10(9)11;1-12(2,3)16-11(15)14-8-5-10(4-7-13)6-9-14/h6-9,16-17,19H,10-15H2,1-5H3;3-6,8H,7H2,1-2H3;10H,4-9H2,1-3H3. The van der Waals surface area contributed by atoms with Crippen molar-refractivity contribution in [1.82, 2.24) is 18.9 Å². The molecular weight excluding hydrogens is 975 g/mol. The number of halogens is 1. The highest BCUT2D eigenvalue weighted by molar-refractivity contribution is 14.1. The highest BCUT2D eigenvalue weighted by atomic mass is 127. The lowest BCUT2D eigenvalue weighted by Gasteiger charge is -2.33. The van der Waals surface area contributed by atoms with Crippen LogP contribution in [0.3, 0.4) is 0 Å². The number of piperidine rings is 2. The molecule has 2 saturated heterocycles. The highest BCUT2D eigenvalue weighted by Gasteiger charge is 2.31. The van der Waals surface area contributed by atoms with Crippen molar-refractivity contribution in [2.75, 3.05) is 59.0 Å². The molecule has 0 radical (unpaired) electrons. The maximum Gasteiger partial charge on any atom is 0.418 e. The molecule has 16 nitrogen and oxygen atoms in total. The van der Waals surface area contributed by atoms with Crippen molar-refractivity contribution in [1.29, 1.82) is 0 Å². The van der Waals surface area contributed by atoms with Gasteiger partial charge in [0.15, 0.2) is 0 Å². The number of likely N-dealkylation sites (tertiary alicyclic amines) is 2. The molecule has 0 bridgehead atoms. The monoisotopic (exact) mass is 1040 g/mol. The molecule has 0 saturated carbocycles. The lowest BCUT2D eigenvalue weighted by Crippen LogP contribution is -2.41. The number of hydrogen-bond acceptors (Lipinski definition) is 12. The van der Waals surface area contributed by atoms with Gasteiger partial charge in [-0.2, -0.15) is 0 Å². The fraction of sp³-hybridized carbons (Fsp3) is 0.560. The van der Waals surface area contributed by atoms with Gasteiger partial charge in [-0.1, -0.05) is 59.0 Å². The van der Waals surface area contributed by atoms with E-state index >= 15 is 0 Å². The number of alkyl halides is 1. The SMILES string of the molecule is CC(C)(C)OC(=O)N1CCC(CCI)CC1.COC(=O)C(CCC1CCN(C(=O)OC(C)(C)C)CC1)c1cn(C(=O)OC)c2ccccc12.COC(=O)Cc1cn(C(=O)OC)c2ccccc12. The van der Waals surface area contributed by atoms with Gasteiger partial charge < -0.3 is 38.2 Å². The molecule has 17 heteroatoms. The summed E-state index contributed by atoms with van der Waals surface area (Å²) in [5.74, 6) is 0.0341. The first-order valence-electron chi connectivity index (χ1n) is 22.8. The summed E-state index contributed by atoms with van der Waals surface area (Å²) in [6, 6.07) is 14.8. The summed E-state index contributed by atoms with van der Waals surface area (Å²) >= 11 is 2.42. The molecule has 2 fully saturated rings. The van der Waals surface area contributed by atoms with Crippen LogP contribution >= 0.6 is 22.6 Å². The first-order chi connectivity index (χ1) is 31.7. The zero-order chi connectivity index (χ0) is 49.5. The first kappa shape index (κ1) is 54.3. The van der Waals surface area contributed by atoms with E-state index in [1.54, 1.807) is 23.4 Å². The van der Waals surface area contributed by atoms with Crippen LogP contribution in [0.1, 0.15) is 104 Å². The van der Waals surface area contributed by atoms with Gasteiger partial charge in [-0.25, -0.2) is 19.2 Å². The van der Waals surface area contributed by atoms with Crippen LogP contribution in [0.5, 0.6) is 0 Å². The summed E-state index contributed by atoms with van der Waals surface area (Å²) in [5, 5.41) is 1.67. The van der Waals surface area contributed by atoms with Crippen LogP contribution in [0.4, 0.5) is 19.2 Å². The number of nitrogens with zero attached hydrogens (tertiary/aromatic N) is 4. The van der Waals surface area contributed by atoms with Gasteiger partial charge in [0, 0.05) is 49.3 Å². The Labute approximate surface area is 408 Å². The van der Waals surface area contributed by atoms with Gasteiger partial charge >= 0.3 is 36.3 Å². The number of carbonyl (C=O) groups excluding carboxylic acids is 6. The fourth-order valence-corrected chi connectivity index (χ4v) is 9.04. The molecule has 2 aliphatic heterocycles. The Kier molecular flexibility index (Phi) is 20.4. The summed E-state index contributed by atoms with van der Waals surface area (Å²) in [4.78, 5) is 75.6. The van der Waals surface area contributed by atoms with Crippen LogP contribution in [0.2, 0.25) is 0 Å². The Bertz CT molecular complexity index is 2290. The number of fused-ring (bicyclic) bond motifs is 2. The molecule has 2 aromatic heterocycles. The second-order valence-electron chi connectivity index (χ2n) is 18.7. The van der Waals surface area contributed by atoms with E-state index in [-0.39, 0.29) is 36.1 Å². The minimum atomic E-state index is -0.509. The molecule has 4 heterocycles. The lowest BCUT2D eigenvalue weighted by molar-refractivity contribution is -0.143. The molecule has 0 N–H and O–H groups in total. The van der Waals surface area contributed by atoms with Crippen LogP contribution in [0.15, 0.2) is 60.9 Å². The second kappa shape index (κ2) is 25.2. The smallest absolute Gasteiger partial charge is 0.418 e. The number of carbonyl (C=O) groups is 6. The van der Waals surface area contributed by atoms with E-state index < -0.39 is 23.7 Å². The average Bonchev–Trinajstić information content (AvgIpc) is 3.87. The van der Waals surface area contributed by atoms with Crippen molar-refractivity contribution in [3.8, 4) is 0 Å². The average molecular weight is 1050 g/mol. The molecule has 4 aromatic rings. The van der Waals surface area contributed by atoms with Crippen LogP contribution in [-0.2, 0) is 44.4 Å². The maximum atomic E-state index is 12.7. The van der Waals surface area contributed by atoms with Gasteiger partial charge in [-0.15, -0.1) is 0 Å². The highest BCUT2D eigenvalue weighted by Crippen LogP contribution is 2.35. The van der Waals surface area contributed by atoms with Crippen molar-refractivity contribution in [2.45, 2.75) is 110 Å².